The Labute approximate surface area is 116 Å². The molecule has 1 aliphatic rings. The summed E-state index contributed by atoms with van der Waals surface area (Å²) < 4.78 is 5.24. The molecule has 1 atom stereocenters. The summed E-state index contributed by atoms with van der Waals surface area (Å²) in [6, 6.07) is 3.61. The molecule has 0 bridgehead atoms. The lowest BCUT2D eigenvalue weighted by atomic mass is 10.1. The van der Waals surface area contributed by atoms with Crippen molar-refractivity contribution in [2.75, 3.05) is 32.5 Å². The van der Waals surface area contributed by atoms with Crippen LogP contribution in [-0.4, -0.2) is 54.7 Å². The van der Waals surface area contributed by atoms with Crippen LogP contribution >= 0.6 is 0 Å². The zero-order chi connectivity index (χ0) is 14.7. The van der Waals surface area contributed by atoms with Crippen LogP contribution < -0.4 is 11.1 Å². The van der Waals surface area contributed by atoms with Crippen LogP contribution in [0, 0.1) is 0 Å². The van der Waals surface area contributed by atoms with Crippen LogP contribution in [0.5, 0.6) is 5.75 Å². The first kappa shape index (κ1) is 14.1. The molecule has 1 heterocycles. The predicted octanol–water partition coefficient (Wildman–Crippen LogP) is -0.439. The monoisotopic (exact) mass is 279 g/mol. The summed E-state index contributed by atoms with van der Waals surface area (Å²) in [7, 11) is 1.51. The number of ether oxygens (including phenoxy) is 1. The number of amides is 2. The molecule has 0 aliphatic carbocycles. The first-order valence-electron chi connectivity index (χ1n) is 6.23. The molecule has 1 aromatic carbocycles. The fourth-order valence-corrected chi connectivity index (χ4v) is 2.07. The Balaban J connectivity index is 2.25. The van der Waals surface area contributed by atoms with Gasteiger partial charge in [0.05, 0.1) is 18.9 Å². The number of phenolic OH excluding ortho intramolecular Hbond substituents is 1. The number of rotatable bonds is 2. The summed E-state index contributed by atoms with van der Waals surface area (Å²) in [5.41, 5.74) is 5.99. The second-order valence-electron chi connectivity index (χ2n) is 4.48. The number of nitrogen functional groups attached to an aromatic ring is 1. The second-order valence-corrected chi connectivity index (χ2v) is 4.48. The maximum Gasteiger partial charge on any atom is 0.254 e. The minimum absolute atomic E-state index is 0.152. The normalized spacial score (nSPS) is 18.6. The standard InChI is InChI=1S/C13H17N3O4/c1-15-12(18)10-7-20-5-4-16(10)13(19)8-2-3-9(14)11(17)6-8/h2-3,6,10,17H,4-5,7,14H2,1H3,(H,15,18). The first-order chi connectivity index (χ1) is 9.54. The lowest BCUT2D eigenvalue weighted by Gasteiger charge is -2.34. The number of morpholine rings is 1. The Morgan fingerprint density at radius 1 is 1.50 bits per heavy atom. The third kappa shape index (κ3) is 2.67. The third-order valence-corrected chi connectivity index (χ3v) is 3.22. The van der Waals surface area contributed by atoms with E-state index in [9.17, 15) is 14.7 Å². The Bertz CT molecular complexity index is 532. The highest BCUT2D eigenvalue weighted by Gasteiger charge is 2.32. The van der Waals surface area contributed by atoms with E-state index in [0.717, 1.165) is 0 Å². The molecule has 2 amide bonds. The van der Waals surface area contributed by atoms with E-state index in [1.54, 1.807) is 0 Å². The van der Waals surface area contributed by atoms with E-state index in [0.29, 0.717) is 13.2 Å². The number of phenols is 1. The molecule has 0 aromatic heterocycles. The van der Waals surface area contributed by atoms with Crippen molar-refractivity contribution in [2.45, 2.75) is 6.04 Å². The van der Waals surface area contributed by atoms with Gasteiger partial charge in [-0.1, -0.05) is 0 Å². The van der Waals surface area contributed by atoms with Crippen molar-refractivity contribution in [1.29, 1.82) is 0 Å². The van der Waals surface area contributed by atoms with Crippen LogP contribution in [0.1, 0.15) is 10.4 Å². The van der Waals surface area contributed by atoms with Crippen LogP contribution in [0.25, 0.3) is 0 Å². The summed E-state index contributed by atoms with van der Waals surface area (Å²) in [5.74, 6) is -0.768. The van der Waals surface area contributed by atoms with E-state index in [4.69, 9.17) is 10.5 Å². The molecule has 4 N–H and O–H groups in total. The van der Waals surface area contributed by atoms with E-state index in [-0.39, 0.29) is 35.4 Å². The van der Waals surface area contributed by atoms with Gasteiger partial charge in [0.15, 0.2) is 0 Å². The summed E-state index contributed by atoms with van der Waals surface area (Å²) >= 11 is 0. The topological polar surface area (TPSA) is 105 Å². The fraction of sp³-hybridized carbons (Fsp3) is 0.385. The molecule has 1 unspecified atom stereocenters. The molecule has 0 saturated carbocycles. The largest absolute Gasteiger partial charge is 0.506 e. The van der Waals surface area contributed by atoms with Crippen molar-refractivity contribution < 1.29 is 19.4 Å². The van der Waals surface area contributed by atoms with Gasteiger partial charge >= 0.3 is 0 Å². The number of carbonyl (C=O) groups is 2. The SMILES string of the molecule is CNC(=O)C1COCCN1C(=O)c1ccc(N)c(O)c1. The summed E-state index contributed by atoms with van der Waals surface area (Å²) in [4.78, 5) is 25.6. The zero-order valence-corrected chi connectivity index (χ0v) is 11.1. The van der Waals surface area contributed by atoms with Crippen LogP contribution in [-0.2, 0) is 9.53 Å². The minimum Gasteiger partial charge on any atom is -0.506 e. The number of hydrogen-bond donors (Lipinski definition) is 3. The Morgan fingerprint density at radius 2 is 2.25 bits per heavy atom. The van der Waals surface area contributed by atoms with E-state index >= 15 is 0 Å². The molecule has 20 heavy (non-hydrogen) atoms. The number of hydrogen-bond acceptors (Lipinski definition) is 5. The Morgan fingerprint density at radius 3 is 2.90 bits per heavy atom. The molecule has 1 fully saturated rings. The Kier molecular flexibility index (Phi) is 4.09. The molecule has 1 aliphatic heterocycles. The van der Waals surface area contributed by atoms with Gasteiger partial charge in [-0.3, -0.25) is 9.59 Å². The molecule has 1 saturated heterocycles. The van der Waals surface area contributed by atoms with Gasteiger partial charge in [0.25, 0.3) is 5.91 Å². The summed E-state index contributed by atoms with van der Waals surface area (Å²) in [6.45, 7) is 0.856. The number of nitrogens with zero attached hydrogens (tertiary/aromatic N) is 1. The molecule has 7 nitrogen and oxygen atoms in total. The minimum atomic E-state index is -0.666. The van der Waals surface area contributed by atoms with E-state index in [1.807, 2.05) is 0 Å². The third-order valence-electron chi connectivity index (χ3n) is 3.22. The predicted molar refractivity (Wildman–Crippen MR) is 72.2 cm³/mol. The van der Waals surface area contributed by atoms with Gasteiger partial charge in [0.1, 0.15) is 11.8 Å². The van der Waals surface area contributed by atoms with Gasteiger partial charge in [0.2, 0.25) is 5.91 Å². The van der Waals surface area contributed by atoms with Gasteiger partial charge in [-0.05, 0) is 18.2 Å². The molecule has 1 aromatic rings. The van der Waals surface area contributed by atoms with Gasteiger partial charge < -0.3 is 25.8 Å². The number of nitrogens with two attached hydrogens (primary N) is 1. The first-order valence-corrected chi connectivity index (χ1v) is 6.23. The van der Waals surface area contributed by atoms with Crippen molar-refractivity contribution in [3.8, 4) is 5.75 Å². The van der Waals surface area contributed by atoms with Crippen molar-refractivity contribution in [1.82, 2.24) is 10.2 Å². The van der Waals surface area contributed by atoms with Crippen molar-refractivity contribution >= 4 is 17.5 Å². The van der Waals surface area contributed by atoms with Crippen LogP contribution in [0.4, 0.5) is 5.69 Å². The smallest absolute Gasteiger partial charge is 0.254 e. The maximum absolute atomic E-state index is 12.4. The number of benzene rings is 1. The van der Waals surface area contributed by atoms with Gasteiger partial charge in [-0.15, -0.1) is 0 Å². The second kappa shape index (κ2) is 5.79. The number of anilines is 1. The summed E-state index contributed by atoms with van der Waals surface area (Å²) in [6.07, 6.45) is 0. The van der Waals surface area contributed by atoms with E-state index < -0.39 is 6.04 Å². The number of likely N-dealkylation sites (N-methyl/N-ethyl adjacent to an activating group) is 1. The number of nitrogens with one attached hydrogen (secondary N) is 1. The number of aromatic hydroxyl groups is 1. The lowest BCUT2D eigenvalue weighted by molar-refractivity contribution is -0.130. The molecule has 0 radical (unpaired) electrons. The van der Waals surface area contributed by atoms with Gasteiger partial charge in [-0.25, -0.2) is 0 Å². The quantitative estimate of drug-likeness (QED) is 0.503. The van der Waals surface area contributed by atoms with Gasteiger partial charge in [0, 0.05) is 19.2 Å². The molecule has 108 valence electrons. The van der Waals surface area contributed by atoms with Crippen molar-refractivity contribution in [3.05, 3.63) is 23.8 Å². The highest BCUT2D eigenvalue weighted by molar-refractivity contribution is 5.98. The Hall–Kier alpha value is -2.28. The summed E-state index contributed by atoms with van der Waals surface area (Å²) in [5, 5.41) is 12.1. The molecular weight excluding hydrogens is 262 g/mol. The van der Waals surface area contributed by atoms with Crippen molar-refractivity contribution in [3.63, 3.8) is 0 Å². The van der Waals surface area contributed by atoms with E-state index in [1.165, 1.54) is 30.1 Å². The van der Waals surface area contributed by atoms with E-state index in [2.05, 4.69) is 5.32 Å². The molecule has 0 spiro atoms. The average Bonchev–Trinajstić information content (AvgIpc) is 2.48. The molecular formula is C13H17N3O4. The average molecular weight is 279 g/mol. The molecule has 7 heteroatoms. The highest BCUT2D eigenvalue weighted by atomic mass is 16.5. The fourth-order valence-electron chi connectivity index (χ4n) is 2.07. The van der Waals surface area contributed by atoms with Gasteiger partial charge in [-0.2, -0.15) is 0 Å². The van der Waals surface area contributed by atoms with Crippen LogP contribution in [0.2, 0.25) is 0 Å². The zero-order valence-electron chi connectivity index (χ0n) is 11.1. The highest BCUT2D eigenvalue weighted by Crippen LogP contribution is 2.22. The van der Waals surface area contributed by atoms with Crippen LogP contribution in [0.3, 0.4) is 0 Å². The molecule has 2 rings (SSSR count). The van der Waals surface area contributed by atoms with Crippen molar-refractivity contribution in [2.24, 2.45) is 0 Å². The maximum atomic E-state index is 12.4. The lowest BCUT2D eigenvalue weighted by Crippen LogP contribution is -2.55. The van der Waals surface area contributed by atoms with Crippen LogP contribution in [0.15, 0.2) is 18.2 Å². The number of carbonyl (C=O) groups excluding carboxylic acids is 2.